The van der Waals surface area contributed by atoms with Gasteiger partial charge in [0.05, 0.1) is 13.2 Å². The molecule has 0 spiro atoms. The molecule has 0 aliphatic carbocycles. The quantitative estimate of drug-likeness (QED) is 0.707. The first-order valence-electron chi connectivity index (χ1n) is 5.66. The number of urea groups is 1. The Balaban J connectivity index is 2.27. The molecule has 100 valence electrons. The molecule has 0 aliphatic heterocycles. The van der Waals surface area contributed by atoms with Crippen LogP contribution in [0.5, 0.6) is 5.75 Å². The van der Waals surface area contributed by atoms with Gasteiger partial charge in [-0.05, 0) is 31.2 Å². The molecular formula is C12H17FN2O3. The zero-order valence-electron chi connectivity index (χ0n) is 10.1. The highest BCUT2D eigenvalue weighted by atomic mass is 19.1. The number of rotatable bonds is 6. The lowest BCUT2D eigenvalue weighted by Gasteiger charge is -2.15. The summed E-state index contributed by atoms with van der Waals surface area (Å²) in [6.45, 7) is 2.21. The largest absolute Gasteiger partial charge is 0.489 e. The van der Waals surface area contributed by atoms with E-state index in [1.807, 2.05) is 0 Å². The Morgan fingerprint density at radius 2 is 2.06 bits per heavy atom. The molecule has 2 amide bonds. The van der Waals surface area contributed by atoms with Crippen molar-refractivity contribution in [2.24, 2.45) is 0 Å². The van der Waals surface area contributed by atoms with Crippen LogP contribution >= 0.6 is 0 Å². The van der Waals surface area contributed by atoms with E-state index in [9.17, 15) is 9.18 Å². The molecule has 1 atom stereocenters. The van der Waals surface area contributed by atoms with Gasteiger partial charge in [-0.3, -0.25) is 0 Å². The van der Waals surface area contributed by atoms with Crippen molar-refractivity contribution in [1.29, 1.82) is 0 Å². The number of carbonyl (C=O) groups excluding carboxylic acids is 1. The molecule has 0 aliphatic rings. The van der Waals surface area contributed by atoms with E-state index in [0.717, 1.165) is 0 Å². The predicted octanol–water partition coefficient (Wildman–Crippen LogP) is 0.884. The van der Waals surface area contributed by atoms with Crippen LogP contribution in [0.1, 0.15) is 6.92 Å². The van der Waals surface area contributed by atoms with Crippen LogP contribution in [-0.4, -0.2) is 36.9 Å². The number of hydrogen-bond acceptors (Lipinski definition) is 3. The summed E-state index contributed by atoms with van der Waals surface area (Å²) >= 11 is 0. The van der Waals surface area contributed by atoms with Gasteiger partial charge in [-0.1, -0.05) is 0 Å². The number of benzene rings is 1. The van der Waals surface area contributed by atoms with E-state index in [2.05, 4.69) is 10.6 Å². The second-order valence-corrected chi connectivity index (χ2v) is 3.74. The van der Waals surface area contributed by atoms with E-state index in [4.69, 9.17) is 9.84 Å². The third kappa shape index (κ3) is 5.49. The van der Waals surface area contributed by atoms with Crippen molar-refractivity contribution < 1.29 is 19.0 Å². The van der Waals surface area contributed by atoms with E-state index in [-0.39, 0.29) is 31.1 Å². The molecule has 0 bridgehead atoms. The lowest BCUT2D eigenvalue weighted by molar-refractivity contribution is 0.205. The number of halogens is 1. The Labute approximate surface area is 105 Å². The van der Waals surface area contributed by atoms with Gasteiger partial charge in [0.1, 0.15) is 17.7 Å². The van der Waals surface area contributed by atoms with Crippen molar-refractivity contribution in [2.45, 2.75) is 13.0 Å². The molecule has 6 heteroatoms. The Hall–Kier alpha value is -1.82. The molecule has 1 unspecified atom stereocenters. The first kappa shape index (κ1) is 14.2. The van der Waals surface area contributed by atoms with Crippen molar-refractivity contribution in [3.63, 3.8) is 0 Å². The third-order valence-corrected chi connectivity index (χ3v) is 2.10. The van der Waals surface area contributed by atoms with Crippen LogP contribution in [0.4, 0.5) is 9.18 Å². The summed E-state index contributed by atoms with van der Waals surface area (Å²) in [5.41, 5.74) is 0. The van der Waals surface area contributed by atoms with Gasteiger partial charge < -0.3 is 20.5 Å². The van der Waals surface area contributed by atoms with E-state index >= 15 is 0 Å². The number of hydrogen-bond donors (Lipinski definition) is 3. The Morgan fingerprint density at radius 1 is 1.39 bits per heavy atom. The molecule has 0 fully saturated rings. The molecule has 0 aromatic heterocycles. The minimum Gasteiger partial charge on any atom is -0.489 e. The van der Waals surface area contributed by atoms with Gasteiger partial charge in [-0.25, -0.2) is 9.18 Å². The van der Waals surface area contributed by atoms with Gasteiger partial charge in [0.25, 0.3) is 0 Å². The molecule has 0 radical (unpaired) electrons. The van der Waals surface area contributed by atoms with Crippen molar-refractivity contribution >= 4 is 6.03 Å². The second-order valence-electron chi connectivity index (χ2n) is 3.74. The minimum absolute atomic E-state index is 0.102. The first-order chi connectivity index (χ1) is 8.61. The van der Waals surface area contributed by atoms with Crippen molar-refractivity contribution in [1.82, 2.24) is 10.6 Å². The fraction of sp³-hybridized carbons (Fsp3) is 0.417. The maximum atomic E-state index is 12.7. The fourth-order valence-corrected chi connectivity index (χ4v) is 1.26. The molecular weight excluding hydrogens is 239 g/mol. The van der Waals surface area contributed by atoms with Crippen LogP contribution < -0.4 is 15.4 Å². The molecule has 0 heterocycles. The van der Waals surface area contributed by atoms with Gasteiger partial charge in [0, 0.05) is 6.54 Å². The molecule has 3 N–H and O–H groups in total. The lowest BCUT2D eigenvalue weighted by Crippen LogP contribution is -2.41. The number of aliphatic hydroxyl groups is 1. The number of ether oxygens (including phenoxy) is 1. The van der Waals surface area contributed by atoms with Crippen LogP contribution in [0, 0.1) is 5.82 Å². The zero-order valence-corrected chi connectivity index (χ0v) is 10.1. The first-order valence-corrected chi connectivity index (χ1v) is 5.66. The summed E-state index contributed by atoms with van der Waals surface area (Å²) in [5, 5.41) is 13.6. The summed E-state index contributed by atoms with van der Waals surface area (Å²) in [6, 6.07) is 5.31. The fourth-order valence-electron chi connectivity index (χ4n) is 1.26. The monoisotopic (exact) mass is 256 g/mol. The number of aliphatic hydroxyl groups excluding tert-OH is 1. The molecule has 0 saturated carbocycles. The van der Waals surface area contributed by atoms with Gasteiger partial charge in [0.15, 0.2) is 0 Å². The van der Waals surface area contributed by atoms with Crippen LogP contribution in [0.3, 0.4) is 0 Å². The summed E-state index contributed by atoms with van der Waals surface area (Å²) < 4.78 is 18.1. The van der Waals surface area contributed by atoms with E-state index in [1.54, 1.807) is 6.92 Å². The van der Waals surface area contributed by atoms with Gasteiger partial charge >= 0.3 is 6.03 Å². The smallest absolute Gasteiger partial charge is 0.315 e. The Bertz CT molecular complexity index is 370. The van der Waals surface area contributed by atoms with Crippen molar-refractivity contribution in [3.8, 4) is 5.75 Å². The summed E-state index contributed by atoms with van der Waals surface area (Å²) in [6.07, 6.45) is -0.240. The van der Waals surface area contributed by atoms with Crippen molar-refractivity contribution in [3.05, 3.63) is 30.1 Å². The maximum absolute atomic E-state index is 12.7. The number of nitrogens with one attached hydrogen (secondary N) is 2. The van der Waals surface area contributed by atoms with Gasteiger partial charge in [-0.15, -0.1) is 0 Å². The number of amides is 2. The molecule has 18 heavy (non-hydrogen) atoms. The lowest BCUT2D eigenvalue weighted by atomic mass is 10.3. The highest BCUT2D eigenvalue weighted by Gasteiger charge is 2.06. The Morgan fingerprint density at radius 3 is 2.67 bits per heavy atom. The van der Waals surface area contributed by atoms with Gasteiger partial charge in [0.2, 0.25) is 0 Å². The normalized spacial score (nSPS) is 11.7. The summed E-state index contributed by atoms with van der Waals surface area (Å²) in [5.74, 6) is 0.220. The average molecular weight is 256 g/mol. The SMILES string of the molecule is CC(CNC(=O)NCCO)Oc1ccc(F)cc1. The van der Waals surface area contributed by atoms with Gasteiger partial charge in [-0.2, -0.15) is 0 Å². The highest BCUT2D eigenvalue weighted by Crippen LogP contribution is 2.12. The zero-order chi connectivity index (χ0) is 13.4. The Kier molecular flexibility index (Phi) is 5.93. The predicted molar refractivity (Wildman–Crippen MR) is 65.0 cm³/mol. The van der Waals surface area contributed by atoms with Crippen LogP contribution in [0.2, 0.25) is 0 Å². The highest BCUT2D eigenvalue weighted by molar-refractivity contribution is 5.73. The average Bonchev–Trinajstić information content (AvgIpc) is 2.36. The van der Waals surface area contributed by atoms with Crippen LogP contribution in [0.25, 0.3) is 0 Å². The molecule has 0 saturated heterocycles. The molecule has 5 nitrogen and oxygen atoms in total. The standard InChI is InChI=1S/C12H17FN2O3/c1-9(8-15-12(17)14-6-7-16)18-11-4-2-10(13)3-5-11/h2-5,9,16H,6-8H2,1H3,(H2,14,15,17). The molecule has 1 rings (SSSR count). The minimum atomic E-state index is -0.362. The molecule has 1 aromatic rings. The van der Waals surface area contributed by atoms with Crippen LogP contribution in [-0.2, 0) is 0 Å². The third-order valence-electron chi connectivity index (χ3n) is 2.10. The maximum Gasteiger partial charge on any atom is 0.315 e. The topological polar surface area (TPSA) is 70.6 Å². The summed E-state index contributed by atoms with van der Waals surface area (Å²) in [7, 11) is 0. The van der Waals surface area contributed by atoms with Crippen molar-refractivity contribution in [2.75, 3.05) is 19.7 Å². The molecule has 1 aromatic carbocycles. The van der Waals surface area contributed by atoms with Crippen LogP contribution in [0.15, 0.2) is 24.3 Å². The van der Waals surface area contributed by atoms with E-state index in [1.165, 1.54) is 24.3 Å². The number of carbonyl (C=O) groups is 1. The summed E-state index contributed by atoms with van der Waals surface area (Å²) in [4.78, 5) is 11.2. The second kappa shape index (κ2) is 7.50. The van der Waals surface area contributed by atoms with E-state index < -0.39 is 0 Å². The van der Waals surface area contributed by atoms with E-state index in [0.29, 0.717) is 12.3 Å².